The highest BCUT2D eigenvalue weighted by atomic mass is 79.9. The first-order chi connectivity index (χ1) is 19.4. The van der Waals surface area contributed by atoms with Crippen LogP contribution in [0.1, 0.15) is 50.7 Å². The minimum absolute atomic E-state index is 0.217. The Bertz CT molecular complexity index is 1430. The topological polar surface area (TPSA) is 74.2 Å². The van der Waals surface area contributed by atoms with Crippen molar-refractivity contribution < 1.29 is 28.8 Å². The van der Waals surface area contributed by atoms with Crippen LogP contribution in [0.2, 0.25) is 0 Å². The standard InChI is InChI=1S/C33H33BrO6/c1-3-38-33(36)29-12-26(18-35)14-32(17-29)40-22-28-11-27(20-37-19-24-7-4-6-23(2)10-24)15-31(16-28)39-21-25-8-5-9-30(34)13-25/h4-17,35H,3,18-22H2,1-2H3. The lowest BCUT2D eigenvalue weighted by Crippen LogP contribution is -2.06. The average Bonchev–Trinajstić information content (AvgIpc) is 2.95. The van der Waals surface area contributed by atoms with Crippen LogP contribution in [0.15, 0.2) is 89.4 Å². The molecule has 0 bridgehead atoms. The van der Waals surface area contributed by atoms with Crippen LogP contribution in [0, 0.1) is 6.92 Å². The maximum absolute atomic E-state index is 12.3. The van der Waals surface area contributed by atoms with Crippen molar-refractivity contribution in [1.29, 1.82) is 0 Å². The van der Waals surface area contributed by atoms with E-state index in [1.807, 2.05) is 48.5 Å². The molecule has 0 aliphatic heterocycles. The first-order valence-electron chi connectivity index (χ1n) is 13.1. The number of esters is 1. The summed E-state index contributed by atoms with van der Waals surface area (Å²) in [4.78, 5) is 12.3. The molecular formula is C33H33BrO6. The summed E-state index contributed by atoms with van der Waals surface area (Å²) in [5, 5.41) is 9.67. The van der Waals surface area contributed by atoms with Gasteiger partial charge in [-0.2, -0.15) is 0 Å². The molecular weight excluding hydrogens is 572 g/mol. The molecule has 6 nitrogen and oxygen atoms in total. The van der Waals surface area contributed by atoms with Crippen LogP contribution < -0.4 is 9.47 Å². The summed E-state index contributed by atoms with van der Waals surface area (Å²) in [6.07, 6.45) is 0. The second kappa shape index (κ2) is 14.7. The Labute approximate surface area is 243 Å². The number of aliphatic hydroxyl groups excluding tert-OH is 1. The molecule has 4 rings (SSSR count). The number of carbonyl (C=O) groups excluding carboxylic acids is 1. The Balaban J connectivity index is 1.50. The molecule has 208 valence electrons. The van der Waals surface area contributed by atoms with Gasteiger partial charge in [0.15, 0.2) is 0 Å². The number of hydrogen-bond donors (Lipinski definition) is 1. The van der Waals surface area contributed by atoms with E-state index in [0.717, 1.165) is 26.7 Å². The third-order valence-electron chi connectivity index (χ3n) is 6.01. The van der Waals surface area contributed by atoms with Crippen molar-refractivity contribution in [3.8, 4) is 11.5 Å². The van der Waals surface area contributed by atoms with Gasteiger partial charge in [-0.05, 0) is 90.2 Å². The number of halogens is 1. The van der Waals surface area contributed by atoms with Crippen molar-refractivity contribution in [3.63, 3.8) is 0 Å². The van der Waals surface area contributed by atoms with Crippen LogP contribution in [-0.4, -0.2) is 17.7 Å². The molecule has 0 saturated carbocycles. The SMILES string of the molecule is CCOC(=O)c1cc(CO)cc(OCc2cc(COCc3cccc(C)c3)cc(OCc3cccc(Br)c3)c2)c1. The molecule has 1 N–H and O–H groups in total. The summed E-state index contributed by atoms with van der Waals surface area (Å²) in [5.41, 5.74) is 6.09. The predicted molar refractivity (Wildman–Crippen MR) is 157 cm³/mol. The minimum Gasteiger partial charge on any atom is -0.489 e. The fraction of sp³-hybridized carbons (Fsp3) is 0.242. The van der Waals surface area contributed by atoms with E-state index in [1.54, 1.807) is 25.1 Å². The molecule has 0 aliphatic rings. The van der Waals surface area contributed by atoms with E-state index in [2.05, 4.69) is 41.1 Å². The molecule has 0 aliphatic carbocycles. The van der Waals surface area contributed by atoms with Crippen molar-refractivity contribution in [3.05, 3.63) is 128 Å². The molecule has 0 spiro atoms. The molecule has 4 aromatic rings. The molecule has 0 unspecified atom stereocenters. The third-order valence-corrected chi connectivity index (χ3v) is 6.50. The van der Waals surface area contributed by atoms with Crippen molar-refractivity contribution in [2.45, 2.75) is 46.9 Å². The van der Waals surface area contributed by atoms with E-state index < -0.39 is 5.97 Å². The van der Waals surface area contributed by atoms with Gasteiger partial charge in [-0.15, -0.1) is 0 Å². The number of benzene rings is 4. The first kappa shape index (κ1) is 29.3. The molecule has 0 aromatic heterocycles. The number of aryl methyl sites for hydroxylation is 1. The lowest BCUT2D eigenvalue weighted by atomic mass is 10.1. The molecule has 0 heterocycles. The van der Waals surface area contributed by atoms with Crippen LogP contribution in [0.4, 0.5) is 0 Å². The minimum atomic E-state index is -0.460. The second-order valence-corrected chi connectivity index (χ2v) is 10.3. The van der Waals surface area contributed by atoms with Gasteiger partial charge in [0.05, 0.1) is 32.0 Å². The van der Waals surface area contributed by atoms with Crippen LogP contribution in [0.5, 0.6) is 11.5 Å². The summed E-state index contributed by atoms with van der Waals surface area (Å²) in [6, 6.07) is 27.1. The zero-order valence-corrected chi connectivity index (χ0v) is 24.3. The fourth-order valence-corrected chi connectivity index (χ4v) is 4.64. The van der Waals surface area contributed by atoms with Crippen molar-refractivity contribution in [1.82, 2.24) is 0 Å². The lowest BCUT2D eigenvalue weighted by molar-refractivity contribution is 0.0525. The van der Waals surface area contributed by atoms with E-state index >= 15 is 0 Å². The Morgan fingerprint density at radius 1 is 0.725 bits per heavy atom. The first-order valence-corrected chi connectivity index (χ1v) is 13.9. The van der Waals surface area contributed by atoms with Crippen LogP contribution in [0.25, 0.3) is 0 Å². The third kappa shape index (κ3) is 8.95. The molecule has 0 saturated heterocycles. The number of ether oxygens (including phenoxy) is 4. The van der Waals surface area contributed by atoms with Crippen LogP contribution in [-0.2, 0) is 42.5 Å². The van der Waals surface area contributed by atoms with Gasteiger partial charge in [0.1, 0.15) is 24.7 Å². The summed E-state index contributed by atoms with van der Waals surface area (Å²) < 4.78 is 24.3. The van der Waals surface area contributed by atoms with Gasteiger partial charge in [-0.1, -0.05) is 57.9 Å². The van der Waals surface area contributed by atoms with E-state index in [9.17, 15) is 9.90 Å². The van der Waals surface area contributed by atoms with E-state index in [4.69, 9.17) is 18.9 Å². The van der Waals surface area contributed by atoms with Crippen LogP contribution in [0.3, 0.4) is 0 Å². The maximum Gasteiger partial charge on any atom is 0.338 e. The summed E-state index contributed by atoms with van der Waals surface area (Å²) in [7, 11) is 0. The number of aliphatic hydroxyl groups is 1. The molecule has 0 fully saturated rings. The van der Waals surface area contributed by atoms with E-state index in [1.165, 1.54) is 5.56 Å². The zero-order valence-electron chi connectivity index (χ0n) is 22.7. The summed E-state index contributed by atoms with van der Waals surface area (Å²) >= 11 is 3.51. The molecule has 0 atom stereocenters. The van der Waals surface area contributed by atoms with Gasteiger partial charge in [-0.3, -0.25) is 0 Å². The Morgan fingerprint density at radius 3 is 2.05 bits per heavy atom. The van der Waals surface area contributed by atoms with Gasteiger partial charge < -0.3 is 24.1 Å². The fourth-order valence-electron chi connectivity index (χ4n) is 4.19. The largest absolute Gasteiger partial charge is 0.489 e. The van der Waals surface area contributed by atoms with E-state index in [-0.39, 0.29) is 19.8 Å². The maximum atomic E-state index is 12.3. The normalized spacial score (nSPS) is 10.8. The molecule has 4 aromatic carbocycles. The number of carbonyl (C=O) groups is 1. The summed E-state index contributed by atoms with van der Waals surface area (Å²) in [6.45, 7) is 5.41. The monoisotopic (exact) mass is 604 g/mol. The van der Waals surface area contributed by atoms with Gasteiger partial charge in [-0.25, -0.2) is 4.79 Å². The Morgan fingerprint density at radius 2 is 1.35 bits per heavy atom. The van der Waals surface area contributed by atoms with E-state index in [0.29, 0.717) is 42.4 Å². The number of hydrogen-bond acceptors (Lipinski definition) is 6. The predicted octanol–water partition coefficient (Wildman–Crippen LogP) is 7.30. The van der Waals surface area contributed by atoms with Crippen molar-refractivity contribution >= 4 is 21.9 Å². The average molecular weight is 606 g/mol. The van der Waals surface area contributed by atoms with Crippen molar-refractivity contribution in [2.75, 3.05) is 6.61 Å². The zero-order chi connectivity index (χ0) is 28.3. The number of rotatable bonds is 13. The van der Waals surface area contributed by atoms with Crippen molar-refractivity contribution in [2.24, 2.45) is 0 Å². The summed E-state index contributed by atoms with van der Waals surface area (Å²) in [5.74, 6) is 0.706. The molecule has 7 heteroatoms. The Hall–Kier alpha value is -3.65. The van der Waals surface area contributed by atoms with Crippen LogP contribution >= 0.6 is 15.9 Å². The lowest BCUT2D eigenvalue weighted by Gasteiger charge is -2.14. The molecule has 0 amide bonds. The highest BCUT2D eigenvalue weighted by Crippen LogP contribution is 2.24. The smallest absolute Gasteiger partial charge is 0.338 e. The highest BCUT2D eigenvalue weighted by Gasteiger charge is 2.11. The van der Waals surface area contributed by atoms with Gasteiger partial charge in [0.2, 0.25) is 0 Å². The second-order valence-electron chi connectivity index (χ2n) is 9.42. The highest BCUT2D eigenvalue weighted by molar-refractivity contribution is 9.10. The molecule has 0 radical (unpaired) electrons. The van der Waals surface area contributed by atoms with Gasteiger partial charge in [0, 0.05) is 4.47 Å². The quantitative estimate of drug-likeness (QED) is 0.161. The van der Waals surface area contributed by atoms with Gasteiger partial charge in [0.25, 0.3) is 0 Å². The molecule has 40 heavy (non-hydrogen) atoms. The Kier molecular flexibility index (Phi) is 10.7. The van der Waals surface area contributed by atoms with Gasteiger partial charge >= 0.3 is 5.97 Å².